The Balaban J connectivity index is 1.57. The lowest BCUT2D eigenvalue weighted by Crippen LogP contribution is -2.34. The number of nitrogens with zero attached hydrogens (tertiary/aromatic N) is 1. The first kappa shape index (κ1) is 28.2. The van der Waals surface area contributed by atoms with Crippen LogP contribution in [0.5, 0.6) is 11.5 Å². The molecule has 8 nitrogen and oxygen atoms in total. The van der Waals surface area contributed by atoms with Crippen molar-refractivity contribution in [1.29, 1.82) is 0 Å². The Labute approximate surface area is 232 Å². The van der Waals surface area contributed by atoms with Gasteiger partial charge in [0.1, 0.15) is 11.5 Å². The summed E-state index contributed by atoms with van der Waals surface area (Å²) in [6.07, 6.45) is 2.21. The number of ether oxygens (including phenoxy) is 2. The van der Waals surface area contributed by atoms with Crippen LogP contribution >= 0.6 is 39.1 Å². The van der Waals surface area contributed by atoms with Crippen LogP contribution in [0.4, 0.5) is 0 Å². The van der Waals surface area contributed by atoms with Crippen LogP contribution in [0.15, 0.2) is 70.2 Å². The van der Waals surface area contributed by atoms with E-state index in [1.165, 1.54) is 24.4 Å². The van der Waals surface area contributed by atoms with E-state index in [0.29, 0.717) is 33.0 Å². The standard InChI is InChI=1S/C26H22BrCl2N3O5/c1-2-11-36-20-7-3-16(4-8-20)26(35)37-23-10-6-19(27)12-18(23)14-31-32-24(33)15-30-25(34)17-5-9-21(28)22(29)13-17/h3-10,12-14H,2,11,15H2,1H3,(H,30,34)(H,32,33)/b31-14+. The number of carbonyl (C=O) groups is 3. The zero-order valence-electron chi connectivity index (χ0n) is 19.6. The minimum Gasteiger partial charge on any atom is -0.494 e. The van der Waals surface area contributed by atoms with Gasteiger partial charge in [-0.2, -0.15) is 5.10 Å². The van der Waals surface area contributed by atoms with Crippen molar-refractivity contribution in [2.24, 2.45) is 5.10 Å². The third-order valence-corrected chi connectivity index (χ3v) is 5.95. The molecule has 0 aliphatic carbocycles. The van der Waals surface area contributed by atoms with Gasteiger partial charge in [0.05, 0.1) is 35.0 Å². The number of rotatable bonds is 10. The third-order valence-electron chi connectivity index (χ3n) is 4.72. The van der Waals surface area contributed by atoms with Crippen LogP contribution in [0.3, 0.4) is 0 Å². The van der Waals surface area contributed by atoms with Gasteiger partial charge >= 0.3 is 5.97 Å². The van der Waals surface area contributed by atoms with Crippen LogP contribution in [-0.4, -0.2) is 37.1 Å². The first-order chi connectivity index (χ1) is 17.8. The molecule has 3 aromatic rings. The van der Waals surface area contributed by atoms with Crippen LogP contribution in [0, 0.1) is 0 Å². The lowest BCUT2D eigenvalue weighted by atomic mass is 10.2. The summed E-state index contributed by atoms with van der Waals surface area (Å²) in [5.74, 6) is -0.718. The van der Waals surface area contributed by atoms with Gasteiger partial charge in [-0.15, -0.1) is 0 Å². The Morgan fingerprint density at radius 3 is 2.41 bits per heavy atom. The fourth-order valence-electron chi connectivity index (χ4n) is 2.89. The number of esters is 1. The Hall–Kier alpha value is -3.40. The van der Waals surface area contributed by atoms with Gasteiger partial charge in [0.15, 0.2) is 0 Å². The highest BCUT2D eigenvalue weighted by molar-refractivity contribution is 9.10. The van der Waals surface area contributed by atoms with Gasteiger partial charge in [-0.3, -0.25) is 9.59 Å². The molecule has 0 aliphatic heterocycles. The van der Waals surface area contributed by atoms with Crippen molar-refractivity contribution in [3.8, 4) is 11.5 Å². The molecule has 0 unspecified atom stereocenters. The molecule has 2 N–H and O–H groups in total. The molecule has 0 fully saturated rings. The van der Waals surface area contributed by atoms with E-state index in [2.05, 4.69) is 31.8 Å². The second kappa shape index (κ2) is 13.8. The second-order valence-corrected chi connectivity index (χ2v) is 9.28. The van der Waals surface area contributed by atoms with E-state index in [9.17, 15) is 14.4 Å². The summed E-state index contributed by atoms with van der Waals surface area (Å²) in [6, 6.07) is 16.0. The second-order valence-electron chi connectivity index (χ2n) is 7.55. The highest BCUT2D eigenvalue weighted by Crippen LogP contribution is 2.24. The molecular formula is C26H22BrCl2N3O5. The molecule has 0 aliphatic rings. The third kappa shape index (κ3) is 8.59. The molecule has 0 spiro atoms. The van der Waals surface area contributed by atoms with Crippen LogP contribution in [0.1, 0.15) is 39.6 Å². The maximum Gasteiger partial charge on any atom is 0.343 e. The van der Waals surface area contributed by atoms with Gasteiger partial charge in [-0.25, -0.2) is 10.2 Å². The molecular weight excluding hydrogens is 585 g/mol. The van der Waals surface area contributed by atoms with E-state index < -0.39 is 17.8 Å². The van der Waals surface area contributed by atoms with E-state index >= 15 is 0 Å². The lowest BCUT2D eigenvalue weighted by molar-refractivity contribution is -0.120. The van der Waals surface area contributed by atoms with Crippen molar-refractivity contribution in [2.75, 3.05) is 13.2 Å². The van der Waals surface area contributed by atoms with Gasteiger partial charge in [-0.1, -0.05) is 46.1 Å². The van der Waals surface area contributed by atoms with Crippen molar-refractivity contribution in [3.63, 3.8) is 0 Å². The van der Waals surface area contributed by atoms with Crippen LogP contribution in [-0.2, 0) is 4.79 Å². The molecule has 3 aromatic carbocycles. The molecule has 0 heterocycles. The minimum atomic E-state index is -0.566. The molecule has 0 bridgehead atoms. The summed E-state index contributed by atoms with van der Waals surface area (Å²) in [5.41, 5.74) is 3.35. The van der Waals surface area contributed by atoms with Crippen molar-refractivity contribution >= 4 is 63.1 Å². The number of benzene rings is 3. The molecule has 0 saturated heterocycles. The number of halogens is 3. The summed E-state index contributed by atoms with van der Waals surface area (Å²) in [6.45, 7) is 2.27. The number of hydrazone groups is 1. The average molecular weight is 607 g/mol. The van der Waals surface area contributed by atoms with Gasteiger partial charge < -0.3 is 14.8 Å². The minimum absolute atomic E-state index is 0.229. The van der Waals surface area contributed by atoms with E-state index in [1.54, 1.807) is 42.5 Å². The topological polar surface area (TPSA) is 106 Å². The van der Waals surface area contributed by atoms with Crippen LogP contribution in [0.25, 0.3) is 0 Å². The summed E-state index contributed by atoms with van der Waals surface area (Å²) in [7, 11) is 0. The molecule has 0 radical (unpaired) electrons. The fourth-order valence-corrected chi connectivity index (χ4v) is 3.57. The predicted octanol–water partition coefficient (Wildman–Crippen LogP) is 5.64. The number of amides is 2. The molecule has 0 saturated carbocycles. The van der Waals surface area contributed by atoms with Gasteiger partial charge in [-0.05, 0) is 67.1 Å². The highest BCUT2D eigenvalue weighted by Gasteiger charge is 2.13. The van der Waals surface area contributed by atoms with Gasteiger partial charge in [0, 0.05) is 15.6 Å². The number of hydrogen-bond acceptors (Lipinski definition) is 6. The monoisotopic (exact) mass is 605 g/mol. The Bertz CT molecular complexity index is 1320. The molecule has 3 rings (SSSR count). The van der Waals surface area contributed by atoms with Gasteiger partial charge in [0.25, 0.3) is 11.8 Å². The Morgan fingerprint density at radius 1 is 0.973 bits per heavy atom. The largest absolute Gasteiger partial charge is 0.494 e. The maximum absolute atomic E-state index is 12.6. The average Bonchev–Trinajstić information content (AvgIpc) is 2.89. The van der Waals surface area contributed by atoms with Crippen molar-refractivity contribution in [1.82, 2.24) is 10.7 Å². The van der Waals surface area contributed by atoms with Crippen LogP contribution in [0.2, 0.25) is 10.0 Å². The maximum atomic E-state index is 12.6. The molecule has 192 valence electrons. The van der Waals surface area contributed by atoms with Crippen LogP contribution < -0.4 is 20.2 Å². The number of nitrogens with one attached hydrogen (secondary N) is 2. The van der Waals surface area contributed by atoms with Gasteiger partial charge in [0.2, 0.25) is 0 Å². The zero-order chi connectivity index (χ0) is 26.8. The first-order valence-electron chi connectivity index (χ1n) is 11.1. The summed E-state index contributed by atoms with van der Waals surface area (Å²) >= 11 is 15.1. The predicted molar refractivity (Wildman–Crippen MR) is 146 cm³/mol. The van der Waals surface area contributed by atoms with Crippen molar-refractivity contribution in [3.05, 3.63) is 91.9 Å². The van der Waals surface area contributed by atoms with Crippen molar-refractivity contribution in [2.45, 2.75) is 13.3 Å². The normalized spacial score (nSPS) is 10.7. The highest BCUT2D eigenvalue weighted by atomic mass is 79.9. The zero-order valence-corrected chi connectivity index (χ0v) is 22.7. The summed E-state index contributed by atoms with van der Waals surface area (Å²) in [5, 5.41) is 6.90. The first-order valence-corrected chi connectivity index (χ1v) is 12.6. The Kier molecular flexibility index (Phi) is 10.5. The fraction of sp³-hybridized carbons (Fsp3) is 0.154. The Morgan fingerprint density at radius 2 is 1.70 bits per heavy atom. The summed E-state index contributed by atoms with van der Waals surface area (Å²) in [4.78, 5) is 36.9. The quantitative estimate of drug-likeness (QED) is 0.134. The van der Waals surface area contributed by atoms with Crippen molar-refractivity contribution < 1.29 is 23.9 Å². The van der Waals surface area contributed by atoms with E-state index in [-0.39, 0.29) is 22.9 Å². The molecule has 0 atom stereocenters. The molecule has 37 heavy (non-hydrogen) atoms. The van der Waals surface area contributed by atoms with E-state index in [0.717, 1.165) is 6.42 Å². The van der Waals surface area contributed by atoms with E-state index in [1.807, 2.05) is 6.92 Å². The lowest BCUT2D eigenvalue weighted by Gasteiger charge is -2.09. The number of carbonyl (C=O) groups excluding carboxylic acids is 3. The smallest absolute Gasteiger partial charge is 0.343 e. The summed E-state index contributed by atoms with van der Waals surface area (Å²) < 4.78 is 11.8. The molecule has 2 amide bonds. The molecule has 11 heteroatoms. The number of hydrogen-bond donors (Lipinski definition) is 2. The molecule has 0 aromatic heterocycles. The van der Waals surface area contributed by atoms with E-state index in [4.69, 9.17) is 32.7 Å². The SMILES string of the molecule is CCCOc1ccc(C(=O)Oc2ccc(Br)cc2/C=N/NC(=O)CNC(=O)c2ccc(Cl)c(Cl)c2)cc1.